The van der Waals surface area contributed by atoms with Crippen molar-refractivity contribution in [3.8, 4) is 11.5 Å². The van der Waals surface area contributed by atoms with Crippen LogP contribution in [0.3, 0.4) is 0 Å². The Balaban J connectivity index is 1.84. The number of fused-ring (bicyclic) bond motifs is 2. The standard InChI is InChI=1S/C22H24N2O2/c1-13-15-9-11-23-21(17(15)5-7-19(13)25-3)22-18-6-8-20(26-4)14(2)16(18)10-12-24-22/h5-8H,9-12H2,1-4H3. The van der Waals surface area contributed by atoms with E-state index in [0.717, 1.165) is 48.9 Å². The minimum atomic E-state index is 0.791. The van der Waals surface area contributed by atoms with Gasteiger partial charge < -0.3 is 9.47 Å². The van der Waals surface area contributed by atoms with Crippen LogP contribution in [0.2, 0.25) is 0 Å². The van der Waals surface area contributed by atoms with Crippen molar-refractivity contribution in [1.29, 1.82) is 0 Å². The van der Waals surface area contributed by atoms with Gasteiger partial charge in [0.15, 0.2) is 0 Å². The molecule has 4 nitrogen and oxygen atoms in total. The fraction of sp³-hybridized carbons (Fsp3) is 0.364. The zero-order valence-electron chi connectivity index (χ0n) is 15.8. The Hall–Kier alpha value is -2.62. The molecule has 0 fully saturated rings. The third-order valence-electron chi connectivity index (χ3n) is 5.54. The Bertz CT molecular complexity index is 864. The molecule has 4 heteroatoms. The second-order valence-electron chi connectivity index (χ2n) is 6.80. The van der Waals surface area contributed by atoms with Gasteiger partial charge in [-0.1, -0.05) is 0 Å². The molecule has 0 saturated heterocycles. The summed E-state index contributed by atoms with van der Waals surface area (Å²) in [4.78, 5) is 9.75. The number of aliphatic imine (C=N–C) groups is 2. The van der Waals surface area contributed by atoms with Crippen LogP contribution in [0.5, 0.6) is 11.5 Å². The van der Waals surface area contributed by atoms with Crippen molar-refractivity contribution in [1.82, 2.24) is 0 Å². The van der Waals surface area contributed by atoms with Gasteiger partial charge in [-0.15, -0.1) is 0 Å². The van der Waals surface area contributed by atoms with E-state index in [-0.39, 0.29) is 0 Å². The zero-order chi connectivity index (χ0) is 18.3. The zero-order valence-corrected chi connectivity index (χ0v) is 15.8. The van der Waals surface area contributed by atoms with Gasteiger partial charge >= 0.3 is 0 Å². The highest BCUT2D eigenvalue weighted by Gasteiger charge is 2.26. The van der Waals surface area contributed by atoms with Crippen LogP contribution in [0.4, 0.5) is 0 Å². The Labute approximate surface area is 154 Å². The first-order valence-corrected chi connectivity index (χ1v) is 9.08. The normalized spacial score (nSPS) is 15.5. The molecular weight excluding hydrogens is 324 g/mol. The van der Waals surface area contributed by atoms with Crippen LogP contribution < -0.4 is 9.47 Å². The molecule has 0 atom stereocenters. The van der Waals surface area contributed by atoms with Gasteiger partial charge in [0.05, 0.1) is 25.6 Å². The summed E-state index contributed by atoms with van der Waals surface area (Å²) >= 11 is 0. The summed E-state index contributed by atoms with van der Waals surface area (Å²) in [5.41, 5.74) is 9.48. The van der Waals surface area contributed by atoms with E-state index in [0.29, 0.717) is 0 Å². The Kier molecular flexibility index (Phi) is 4.27. The molecule has 2 aromatic carbocycles. The van der Waals surface area contributed by atoms with Gasteiger partial charge in [-0.25, -0.2) is 0 Å². The van der Waals surface area contributed by atoms with Gasteiger partial charge in [-0.3, -0.25) is 9.98 Å². The third-order valence-corrected chi connectivity index (χ3v) is 5.54. The van der Waals surface area contributed by atoms with Gasteiger partial charge in [-0.05, 0) is 73.2 Å². The lowest BCUT2D eigenvalue weighted by Gasteiger charge is -2.25. The molecule has 0 saturated carbocycles. The number of ether oxygens (including phenoxy) is 2. The predicted molar refractivity (Wildman–Crippen MR) is 106 cm³/mol. The van der Waals surface area contributed by atoms with Crippen LogP contribution >= 0.6 is 0 Å². The maximum atomic E-state index is 5.51. The van der Waals surface area contributed by atoms with E-state index in [1.807, 2.05) is 12.1 Å². The number of nitrogens with zero attached hydrogens (tertiary/aromatic N) is 2. The van der Waals surface area contributed by atoms with Crippen molar-refractivity contribution in [3.05, 3.63) is 57.6 Å². The summed E-state index contributed by atoms with van der Waals surface area (Å²) < 4.78 is 11.0. The average Bonchev–Trinajstić information content (AvgIpc) is 2.68. The van der Waals surface area contributed by atoms with Crippen LogP contribution in [0, 0.1) is 13.8 Å². The molecule has 0 unspecified atom stereocenters. The molecule has 0 radical (unpaired) electrons. The molecule has 2 heterocycles. The molecule has 26 heavy (non-hydrogen) atoms. The highest BCUT2D eigenvalue weighted by molar-refractivity contribution is 6.54. The lowest BCUT2D eigenvalue weighted by Crippen LogP contribution is -2.27. The summed E-state index contributed by atoms with van der Waals surface area (Å²) in [6, 6.07) is 8.34. The molecule has 0 bridgehead atoms. The first kappa shape index (κ1) is 16.8. The fourth-order valence-corrected chi connectivity index (χ4v) is 4.14. The SMILES string of the molecule is COc1ccc2c(c1C)CCN=C2C1=NCCc2c1ccc(OC)c2C. The molecule has 0 amide bonds. The van der Waals surface area contributed by atoms with E-state index in [4.69, 9.17) is 19.5 Å². The lowest BCUT2D eigenvalue weighted by atomic mass is 9.85. The molecule has 0 N–H and O–H groups in total. The summed E-state index contributed by atoms with van der Waals surface area (Å²) in [5, 5.41) is 0. The van der Waals surface area contributed by atoms with Gasteiger partial charge in [0.2, 0.25) is 0 Å². The van der Waals surface area contributed by atoms with Crippen LogP contribution in [0.25, 0.3) is 0 Å². The Morgan fingerprint density at radius 1 is 0.692 bits per heavy atom. The number of hydrogen-bond acceptors (Lipinski definition) is 4. The summed E-state index contributed by atoms with van der Waals surface area (Å²) in [5.74, 6) is 1.88. The monoisotopic (exact) mass is 348 g/mol. The second-order valence-corrected chi connectivity index (χ2v) is 6.80. The van der Waals surface area contributed by atoms with E-state index < -0.39 is 0 Å². The Morgan fingerprint density at radius 3 is 1.50 bits per heavy atom. The van der Waals surface area contributed by atoms with E-state index in [2.05, 4.69) is 26.0 Å². The van der Waals surface area contributed by atoms with Crippen molar-refractivity contribution >= 4 is 11.4 Å². The average molecular weight is 348 g/mol. The van der Waals surface area contributed by atoms with Crippen LogP contribution in [0.15, 0.2) is 34.3 Å². The minimum Gasteiger partial charge on any atom is -0.496 e. The van der Waals surface area contributed by atoms with Gasteiger partial charge in [0.1, 0.15) is 11.5 Å². The van der Waals surface area contributed by atoms with E-state index in [1.165, 1.54) is 33.4 Å². The largest absolute Gasteiger partial charge is 0.496 e. The molecule has 2 aliphatic heterocycles. The second kappa shape index (κ2) is 6.60. The summed E-state index contributed by atoms with van der Waals surface area (Å²) in [7, 11) is 3.45. The van der Waals surface area contributed by atoms with Crippen molar-refractivity contribution in [3.63, 3.8) is 0 Å². The number of methoxy groups -OCH3 is 2. The molecule has 2 aromatic rings. The molecule has 2 aliphatic rings. The first-order chi connectivity index (χ1) is 12.7. The third kappa shape index (κ3) is 2.52. The maximum absolute atomic E-state index is 5.51. The van der Waals surface area contributed by atoms with Crippen molar-refractivity contribution in [2.24, 2.45) is 9.98 Å². The number of hydrogen-bond donors (Lipinski definition) is 0. The van der Waals surface area contributed by atoms with Crippen molar-refractivity contribution in [2.45, 2.75) is 26.7 Å². The Morgan fingerprint density at radius 2 is 1.12 bits per heavy atom. The molecule has 0 spiro atoms. The number of benzene rings is 2. The quantitative estimate of drug-likeness (QED) is 0.849. The smallest absolute Gasteiger partial charge is 0.122 e. The van der Waals surface area contributed by atoms with Gasteiger partial charge in [0, 0.05) is 24.2 Å². The highest BCUT2D eigenvalue weighted by atomic mass is 16.5. The lowest BCUT2D eigenvalue weighted by molar-refractivity contribution is 0.411. The summed E-state index contributed by atoms with van der Waals surface area (Å²) in [6.45, 7) is 5.85. The molecule has 0 aliphatic carbocycles. The highest BCUT2D eigenvalue weighted by Crippen LogP contribution is 2.32. The number of rotatable bonds is 3. The van der Waals surface area contributed by atoms with E-state index in [9.17, 15) is 0 Å². The van der Waals surface area contributed by atoms with Crippen LogP contribution in [-0.4, -0.2) is 38.7 Å². The predicted octanol–water partition coefficient (Wildman–Crippen LogP) is 3.71. The van der Waals surface area contributed by atoms with Crippen molar-refractivity contribution < 1.29 is 9.47 Å². The van der Waals surface area contributed by atoms with Gasteiger partial charge in [0.25, 0.3) is 0 Å². The molecule has 0 aromatic heterocycles. The topological polar surface area (TPSA) is 43.2 Å². The summed E-state index contributed by atoms with van der Waals surface area (Å²) in [6.07, 6.45) is 1.90. The van der Waals surface area contributed by atoms with Crippen LogP contribution in [-0.2, 0) is 12.8 Å². The molecular formula is C22H24N2O2. The molecule has 134 valence electrons. The van der Waals surface area contributed by atoms with Crippen molar-refractivity contribution in [2.75, 3.05) is 27.3 Å². The maximum Gasteiger partial charge on any atom is 0.122 e. The molecule has 4 rings (SSSR count). The van der Waals surface area contributed by atoms with E-state index in [1.54, 1.807) is 14.2 Å². The van der Waals surface area contributed by atoms with Crippen LogP contribution in [0.1, 0.15) is 33.4 Å². The first-order valence-electron chi connectivity index (χ1n) is 9.08. The van der Waals surface area contributed by atoms with E-state index >= 15 is 0 Å². The fourth-order valence-electron chi connectivity index (χ4n) is 4.14. The van der Waals surface area contributed by atoms with Gasteiger partial charge in [-0.2, -0.15) is 0 Å². The minimum absolute atomic E-state index is 0.791.